The van der Waals surface area contributed by atoms with Crippen LogP contribution in [0.1, 0.15) is 44.2 Å². The Morgan fingerprint density at radius 1 is 1.47 bits per heavy atom. The van der Waals surface area contributed by atoms with Gasteiger partial charge in [0.15, 0.2) is 0 Å². The van der Waals surface area contributed by atoms with E-state index in [4.69, 9.17) is 10.5 Å². The van der Waals surface area contributed by atoms with E-state index in [2.05, 4.69) is 22.0 Å². The fourth-order valence-corrected chi connectivity index (χ4v) is 2.93. The lowest BCUT2D eigenvalue weighted by Crippen LogP contribution is -2.20. The molecule has 2 N–H and O–H groups in total. The molecule has 1 saturated carbocycles. The van der Waals surface area contributed by atoms with E-state index in [1.807, 2.05) is 19.1 Å². The molecule has 0 aliphatic heterocycles. The van der Waals surface area contributed by atoms with Crippen LogP contribution in [-0.2, 0) is 0 Å². The van der Waals surface area contributed by atoms with Crippen molar-refractivity contribution in [2.24, 2.45) is 11.7 Å². The number of rotatable bonds is 5. The molecule has 2 rings (SSSR count). The molecule has 1 aliphatic carbocycles. The van der Waals surface area contributed by atoms with Gasteiger partial charge < -0.3 is 10.5 Å². The van der Waals surface area contributed by atoms with Crippen molar-refractivity contribution in [3.63, 3.8) is 0 Å². The minimum Gasteiger partial charge on any atom is -0.494 e. The highest BCUT2D eigenvalue weighted by Crippen LogP contribution is 2.36. The first kappa shape index (κ1) is 12.9. The summed E-state index contributed by atoms with van der Waals surface area (Å²) in [6.07, 6.45) is 5.18. The molecular formula is C14H20BrNO. The fraction of sp³-hybridized carbons (Fsp3) is 0.571. The highest BCUT2D eigenvalue weighted by Gasteiger charge is 2.22. The average molecular weight is 298 g/mol. The van der Waals surface area contributed by atoms with E-state index >= 15 is 0 Å². The molecule has 0 bridgehead atoms. The minimum atomic E-state index is 0.144. The van der Waals surface area contributed by atoms with Crippen molar-refractivity contribution in [1.82, 2.24) is 0 Å². The number of halogens is 1. The van der Waals surface area contributed by atoms with E-state index in [0.29, 0.717) is 6.61 Å². The standard InChI is InChI=1S/C14H20BrNO/c1-2-17-11-6-7-12(13(15)9-11)14(16)8-10-4-3-5-10/h6-7,9-10,14H,2-5,8,16H2,1H3. The third-order valence-electron chi connectivity index (χ3n) is 3.49. The van der Waals surface area contributed by atoms with Crippen LogP contribution in [-0.4, -0.2) is 6.61 Å². The zero-order chi connectivity index (χ0) is 12.3. The van der Waals surface area contributed by atoms with E-state index in [0.717, 1.165) is 22.6 Å². The summed E-state index contributed by atoms with van der Waals surface area (Å²) in [7, 11) is 0. The molecule has 0 saturated heterocycles. The summed E-state index contributed by atoms with van der Waals surface area (Å²) >= 11 is 3.59. The van der Waals surface area contributed by atoms with E-state index in [1.54, 1.807) is 0 Å². The van der Waals surface area contributed by atoms with Crippen LogP contribution in [0.15, 0.2) is 22.7 Å². The Bertz CT molecular complexity index is 376. The molecule has 3 heteroatoms. The lowest BCUT2D eigenvalue weighted by Gasteiger charge is -2.28. The van der Waals surface area contributed by atoms with Crippen molar-refractivity contribution >= 4 is 15.9 Å². The maximum atomic E-state index is 6.26. The Hall–Kier alpha value is -0.540. The lowest BCUT2D eigenvalue weighted by atomic mass is 9.80. The normalized spacial score (nSPS) is 17.6. The zero-order valence-corrected chi connectivity index (χ0v) is 11.9. The highest BCUT2D eigenvalue weighted by molar-refractivity contribution is 9.10. The first-order valence-electron chi connectivity index (χ1n) is 6.38. The van der Waals surface area contributed by atoms with Crippen LogP contribution in [0, 0.1) is 5.92 Å². The molecule has 0 radical (unpaired) electrons. The van der Waals surface area contributed by atoms with Gasteiger partial charge in [-0.2, -0.15) is 0 Å². The van der Waals surface area contributed by atoms with E-state index < -0.39 is 0 Å². The van der Waals surface area contributed by atoms with Crippen LogP contribution in [0.4, 0.5) is 0 Å². The Labute approximate surface area is 112 Å². The van der Waals surface area contributed by atoms with Crippen molar-refractivity contribution in [3.05, 3.63) is 28.2 Å². The van der Waals surface area contributed by atoms with Gasteiger partial charge in [-0.1, -0.05) is 41.3 Å². The maximum absolute atomic E-state index is 6.26. The molecule has 0 aromatic heterocycles. The van der Waals surface area contributed by atoms with Gasteiger partial charge in [-0.25, -0.2) is 0 Å². The van der Waals surface area contributed by atoms with Gasteiger partial charge in [-0.3, -0.25) is 0 Å². The number of hydrogen-bond donors (Lipinski definition) is 1. The summed E-state index contributed by atoms with van der Waals surface area (Å²) < 4.78 is 6.53. The van der Waals surface area contributed by atoms with Crippen LogP contribution in [0.25, 0.3) is 0 Å². The molecule has 17 heavy (non-hydrogen) atoms. The van der Waals surface area contributed by atoms with Crippen LogP contribution >= 0.6 is 15.9 Å². The van der Waals surface area contributed by atoms with Gasteiger partial charge in [0.1, 0.15) is 5.75 Å². The fourth-order valence-electron chi connectivity index (χ4n) is 2.28. The lowest BCUT2D eigenvalue weighted by molar-refractivity contribution is 0.277. The predicted molar refractivity (Wildman–Crippen MR) is 74.2 cm³/mol. The molecule has 1 aromatic rings. The maximum Gasteiger partial charge on any atom is 0.120 e. The van der Waals surface area contributed by atoms with Gasteiger partial charge in [0, 0.05) is 10.5 Å². The van der Waals surface area contributed by atoms with Crippen LogP contribution < -0.4 is 10.5 Å². The Morgan fingerprint density at radius 2 is 2.24 bits per heavy atom. The van der Waals surface area contributed by atoms with Crippen LogP contribution in [0.3, 0.4) is 0 Å². The van der Waals surface area contributed by atoms with Gasteiger partial charge in [-0.15, -0.1) is 0 Å². The summed E-state index contributed by atoms with van der Waals surface area (Å²) in [5.41, 5.74) is 7.45. The third kappa shape index (κ3) is 3.23. The second-order valence-corrected chi connectivity index (χ2v) is 5.61. The topological polar surface area (TPSA) is 35.2 Å². The van der Waals surface area contributed by atoms with Gasteiger partial charge in [0.05, 0.1) is 6.61 Å². The molecule has 1 unspecified atom stereocenters. The van der Waals surface area contributed by atoms with E-state index in [9.17, 15) is 0 Å². The predicted octanol–water partition coefficient (Wildman–Crippen LogP) is 4.04. The number of nitrogens with two attached hydrogens (primary N) is 1. The Kier molecular flexibility index (Phi) is 4.46. The summed E-state index contributed by atoms with van der Waals surface area (Å²) in [6, 6.07) is 6.24. The van der Waals surface area contributed by atoms with Gasteiger partial charge in [0.25, 0.3) is 0 Å². The van der Waals surface area contributed by atoms with E-state index in [1.165, 1.54) is 24.8 Å². The molecule has 1 aromatic carbocycles. The smallest absolute Gasteiger partial charge is 0.120 e. The van der Waals surface area contributed by atoms with Crippen molar-refractivity contribution in [2.75, 3.05) is 6.61 Å². The molecule has 0 heterocycles. The Morgan fingerprint density at radius 3 is 2.76 bits per heavy atom. The first-order valence-corrected chi connectivity index (χ1v) is 7.17. The summed E-state index contributed by atoms with van der Waals surface area (Å²) in [5.74, 6) is 1.74. The Balaban J connectivity index is 2.03. The summed E-state index contributed by atoms with van der Waals surface area (Å²) in [5, 5.41) is 0. The van der Waals surface area contributed by atoms with Gasteiger partial charge in [-0.05, 0) is 37.0 Å². The second-order valence-electron chi connectivity index (χ2n) is 4.76. The molecule has 1 atom stereocenters. The van der Waals surface area contributed by atoms with Crippen LogP contribution in [0.5, 0.6) is 5.75 Å². The SMILES string of the molecule is CCOc1ccc(C(N)CC2CCC2)c(Br)c1. The summed E-state index contributed by atoms with van der Waals surface area (Å²) in [4.78, 5) is 0. The molecular weight excluding hydrogens is 278 g/mol. The second kappa shape index (κ2) is 5.87. The van der Waals surface area contributed by atoms with Gasteiger partial charge in [0.2, 0.25) is 0 Å². The number of benzene rings is 1. The number of ether oxygens (including phenoxy) is 1. The molecule has 1 fully saturated rings. The third-order valence-corrected chi connectivity index (χ3v) is 4.18. The first-order chi connectivity index (χ1) is 8.20. The van der Waals surface area contributed by atoms with E-state index in [-0.39, 0.29) is 6.04 Å². The monoisotopic (exact) mass is 297 g/mol. The largest absolute Gasteiger partial charge is 0.494 e. The average Bonchev–Trinajstić information content (AvgIpc) is 2.24. The molecule has 0 amide bonds. The molecule has 2 nitrogen and oxygen atoms in total. The van der Waals surface area contributed by atoms with Gasteiger partial charge >= 0.3 is 0 Å². The number of hydrogen-bond acceptors (Lipinski definition) is 2. The quantitative estimate of drug-likeness (QED) is 0.890. The highest BCUT2D eigenvalue weighted by atomic mass is 79.9. The molecule has 1 aliphatic rings. The summed E-state index contributed by atoms with van der Waals surface area (Å²) in [6.45, 7) is 2.68. The van der Waals surface area contributed by atoms with Crippen molar-refractivity contribution in [3.8, 4) is 5.75 Å². The van der Waals surface area contributed by atoms with Crippen molar-refractivity contribution in [2.45, 2.75) is 38.6 Å². The molecule has 94 valence electrons. The zero-order valence-electron chi connectivity index (χ0n) is 10.3. The minimum absolute atomic E-state index is 0.144. The molecule has 0 spiro atoms. The van der Waals surface area contributed by atoms with Crippen molar-refractivity contribution in [1.29, 1.82) is 0 Å². The van der Waals surface area contributed by atoms with Crippen molar-refractivity contribution < 1.29 is 4.74 Å². The van der Waals surface area contributed by atoms with Crippen LogP contribution in [0.2, 0.25) is 0 Å².